The predicted octanol–water partition coefficient (Wildman–Crippen LogP) is 11.3. The lowest BCUT2D eigenvalue weighted by Gasteiger charge is -2.16. The molecule has 27 heteroatoms. The third kappa shape index (κ3) is 16.7. The molecule has 78 heavy (non-hydrogen) atoms. The number of phenolic OH excluding ortho intramolecular Hbond substituents is 1. The number of anilines is 2. The predicted molar refractivity (Wildman–Crippen MR) is 297 cm³/mol. The number of carboxylic acid groups (broad SMARTS) is 1. The number of carbonyl (C=O) groups is 3. The largest absolute Gasteiger partial charge is 0.505 e. The van der Waals surface area contributed by atoms with Crippen molar-refractivity contribution in [1.29, 1.82) is 0 Å². The van der Waals surface area contributed by atoms with Crippen LogP contribution >= 0.6 is 56.2 Å². The molecule has 0 spiro atoms. The van der Waals surface area contributed by atoms with Gasteiger partial charge in [-0.25, -0.2) is 39.6 Å². The molecule has 0 atom stereocenters. The smallest absolute Gasteiger partial charge is 0.337 e. The highest BCUT2D eigenvalue weighted by Gasteiger charge is 2.27. The molecule has 0 amide bonds. The Morgan fingerprint density at radius 3 is 1.31 bits per heavy atom. The van der Waals surface area contributed by atoms with Gasteiger partial charge in [-0.05, 0) is 82.9 Å². The summed E-state index contributed by atoms with van der Waals surface area (Å²) in [6.45, 7) is 0. The normalized spacial score (nSPS) is 10.9. The molecule has 0 aliphatic heterocycles. The van der Waals surface area contributed by atoms with E-state index in [1.54, 1.807) is 19.2 Å². The van der Waals surface area contributed by atoms with Crippen molar-refractivity contribution in [2.24, 2.45) is 0 Å². The monoisotopic (exact) mass is 1230 g/mol. The van der Waals surface area contributed by atoms with Crippen LogP contribution in [0, 0.1) is 0 Å². The average molecular weight is 1230 g/mol. The highest BCUT2D eigenvalue weighted by molar-refractivity contribution is 8.14. The molecule has 7 rings (SSSR count). The quantitative estimate of drug-likeness (QED) is 0.0447. The number of esters is 2. The maximum absolute atomic E-state index is 13.3. The van der Waals surface area contributed by atoms with Crippen LogP contribution in [-0.2, 0) is 37.6 Å². The van der Waals surface area contributed by atoms with Crippen molar-refractivity contribution >= 4 is 114 Å². The Labute approximate surface area is 472 Å². The number of rotatable bonds is 14. The fourth-order valence-corrected chi connectivity index (χ4v) is 10.9. The Morgan fingerprint density at radius 2 is 0.897 bits per heavy atom. The second-order valence-electron chi connectivity index (χ2n) is 15.2. The van der Waals surface area contributed by atoms with Crippen LogP contribution in [0.15, 0.2) is 148 Å². The van der Waals surface area contributed by atoms with Crippen LogP contribution in [-0.4, -0.2) is 96.0 Å². The Morgan fingerprint density at radius 1 is 0.487 bits per heavy atom. The van der Waals surface area contributed by atoms with E-state index in [4.69, 9.17) is 86.0 Å². The van der Waals surface area contributed by atoms with Crippen LogP contribution < -0.4 is 29.4 Å². The third-order valence-corrected chi connectivity index (χ3v) is 15.1. The molecular weight excluding hydrogens is 1190 g/mol. The summed E-state index contributed by atoms with van der Waals surface area (Å²) in [5.41, 5.74) is 10.2. The van der Waals surface area contributed by atoms with E-state index >= 15 is 0 Å². The van der Waals surface area contributed by atoms with Gasteiger partial charge in [0.2, 0.25) is 0 Å². The van der Waals surface area contributed by atoms with Crippen molar-refractivity contribution in [2.75, 3.05) is 53.1 Å². The van der Waals surface area contributed by atoms with Crippen LogP contribution in [0.4, 0.5) is 11.4 Å². The zero-order valence-electron chi connectivity index (χ0n) is 41.4. The van der Waals surface area contributed by atoms with Crippen molar-refractivity contribution < 1.29 is 78.3 Å². The summed E-state index contributed by atoms with van der Waals surface area (Å²) in [5, 5.41) is 17.4. The number of carboxylic acids is 1. The Balaban J connectivity index is 0.000000239. The molecule has 0 fully saturated rings. The van der Waals surface area contributed by atoms with Crippen LogP contribution in [0.3, 0.4) is 0 Å². The highest BCUT2D eigenvalue weighted by Crippen LogP contribution is 2.39. The van der Waals surface area contributed by atoms with Gasteiger partial charge in [0.05, 0.1) is 85.8 Å². The van der Waals surface area contributed by atoms with Gasteiger partial charge in [-0.2, -0.15) is 0 Å². The summed E-state index contributed by atoms with van der Waals surface area (Å²) in [5.74, 6) is -2.78. The molecule has 0 unspecified atom stereocenters. The van der Waals surface area contributed by atoms with E-state index in [0.29, 0.717) is 11.4 Å². The van der Waals surface area contributed by atoms with E-state index in [2.05, 4.69) is 26.3 Å². The maximum Gasteiger partial charge on any atom is 0.337 e. The molecule has 19 nitrogen and oxygen atoms in total. The fraction of sp³-hybridized carbons (Fsp3) is 0.118. The van der Waals surface area contributed by atoms with Crippen molar-refractivity contribution in [3.63, 3.8) is 0 Å². The number of aromatic carboxylic acids is 1. The van der Waals surface area contributed by atoms with Crippen LogP contribution in [0.5, 0.6) is 28.7 Å². The third-order valence-electron chi connectivity index (χ3n) is 10.2. The zero-order chi connectivity index (χ0) is 58.3. The molecule has 0 saturated heterocycles. The van der Waals surface area contributed by atoms with Gasteiger partial charge in [0, 0.05) is 21.4 Å². The van der Waals surface area contributed by atoms with E-state index in [1.165, 1.54) is 40.6 Å². The molecule has 0 radical (unpaired) electrons. The number of aromatic hydroxyl groups is 1. The Kier molecular flexibility index (Phi) is 22.7. The Hall–Kier alpha value is -7.15. The number of hydrogen-bond donors (Lipinski definition) is 4. The summed E-state index contributed by atoms with van der Waals surface area (Å²) in [4.78, 5) is 32.4. The maximum atomic E-state index is 13.3. The van der Waals surface area contributed by atoms with Gasteiger partial charge < -0.3 is 44.4 Å². The molecular formula is C51H45Cl5N2O17S3. The standard InChI is InChI=1S/C22H20ClNO6S.C13H13NO.C9H8Cl2O5S.C7H4Cl2O5S/c1-28-19-10-9-15(14-7-5-4-6-8-14)12-18(19)24-31(26,27)20-13-16(22(25)30-3)11-17(23)21(20)29-2;1-15-13-8-7-11(9-12(13)14)10-5-3-2-4-6-10;1-15-8-6(10)3-5(9(12)16-2)4-7(8)17(11,13)14;8-4-1-3(7(11)12)2-5(6(4)10)15(9,13)14/h4-13,24H,1-3H3;2-9H,14H2,1H3;3-4H,1-2H3;1-2,10H,(H,11,12). The first-order valence-corrected chi connectivity index (χ1v) is 28.7. The lowest BCUT2D eigenvalue weighted by molar-refractivity contribution is 0.0591. The van der Waals surface area contributed by atoms with Gasteiger partial charge >= 0.3 is 17.9 Å². The number of nitrogens with one attached hydrogen (secondary N) is 1. The van der Waals surface area contributed by atoms with Crippen molar-refractivity contribution in [3.05, 3.63) is 165 Å². The van der Waals surface area contributed by atoms with E-state index < -0.39 is 61.7 Å². The van der Waals surface area contributed by atoms with E-state index in [0.717, 1.165) is 59.4 Å². The SMILES string of the molecule is COC(=O)c1cc(Cl)c(OC)c(S(=O)(=O)Cl)c1.COC(=O)c1cc(Cl)c(OC)c(S(=O)(=O)Nc2cc(-c3ccccc3)ccc2OC)c1.COc1ccc(-c2ccccc2)cc1N.O=C(O)c1cc(Cl)c(O)c(S(=O)(=O)Cl)c1. The topological polar surface area (TPSA) is 288 Å². The molecule has 5 N–H and O–H groups in total. The van der Waals surface area contributed by atoms with Gasteiger partial charge in [0.25, 0.3) is 28.1 Å². The first-order valence-electron chi connectivity index (χ1n) is 21.5. The molecule has 7 aromatic rings. The summed E-state index contributed by atoms with van der Waals surface area (Å²) in [6, 6.07) is 36.9. The summed E-state index contributed by atoms with van der Waals surface area (Å²) in [7, 11) is 5.58. The number of hydrogen-bond acceptors (Lipinski definition) is 17. The number of nitrogens with two attached hydrogens (primary N) is 1. The number of halogens is 5. The minimum absolute atomic E-state index is 0.0290. The lowest BCUT2D eigenvalue weighted by atomic mass is 10.1. The summed E-state index contributed by atoms with van der Waals surface area (Å²) in [6.07, 6.45) is 0. The molecule has 0 aliphatic rings. The highest BCUT2D eigenvalue weighted by atomic mass is 35.7. The molecule has 0 aliphatic carbocycles. The fourth-order valence-electron chi connectivity index (χ4n) is 6.61. The minimum Gasteiger partial charge on any atom is -0.505 e. The summed E-state index contributed by atoms with van der Waals surface area (Å²) >= 11 is 17.4. The van der Waals surface area contributed by atoms with Gasteiger partial charge in [0.15, 0.2) is 17.2 Å². The molecule has 0 saturated carbocycles. The van der Waals surface area contributed by atoms with Gasteiger partial charge in [0.1, 0.15) is 26.2 Å². The average Bonchev–Trinajstić information content (AvgIpc) is 3.48. The Bertz CT molecular complexity index is 3670. The van der Waals surface area contributed by atoms with Crippen molar-refractivity contribution in [3.8, 4) is 51.0 Å². The molecule has 7 aromatic carbocycles. The molecule has 0 aromatic heterocycles. The minimum atomic E-state index is -4.24. The van der Waals surface area contributed by atoms with E-state index in [-0.39, 0.29) is 53.7 Å². The molecule has 0 bridgehead atoms. The number of benzene rings is 7. The van der Waals surface area contributed by atoms with Crippen molar-refractivity contribution in [1.82, 2.24) is 0 Å². The zero-order valence-corrected chi connectivity index (χ0v) is 47.6. The lowest BCUT2D eigenvalue weighted by Crippen LogP contribution is -2.16. The molecule has 414 valence electrons. The number of nitrogen functional groups attached to an aromatic ring is 1. The second-order valence-corrected chi connectivity index (χ2v) is 23.1. The number of phenols is 1. The van der Waals surface area contributed by atoms with Crippen LogP contribution in [0.1, 0.15) is 31.1 Å². The number of carbonyl (C=O) groups excluding carboxylic acids is 2. The van der Waals surface area contributed by atoms with E-state index in [9.17, 15) is 44.7 Å². The molecule has 0 heterocycles. The second kappa shape index (κ2) is 27.9. The number of ether oxygens (including phenoxy) is 6. The first-order chi connectivity index (χ1) is 36.6. The summed E-state index contributed by atoms with van der Waals surface area (Å²) < 4.78 is 103. The van der Waals surface area contributed by atoms with Gasteiger partial charge in [-0.3, -0.25) is 4.72 Å². The van der Waals surface area contributed by atoms with Gasteiger partial charge in [-0.1, -0.05) is 108 Å². The first kappa shape index (κ1) is 63.4. The van der Waals surface area contributed by atoms with Gasteiger partial charge in [-0.15, -0.1) is 0 Å². The van der Waals surface area contributed by atoms with Crippen molar-refractivity contribution in [2.45, 2.75) is 14.7 Å². The number of sulfonamides is 1. The van der Waals surface area contributed by atoms with E-state index in [1.807, 2.05) is 72.8 Å². The van der Waals surface area contributed by atoms with Crippen LogP contribution in [0.2, 0.25) is 15.1 Å². The van der Waals surface area contributed by atoms with Crippen LogP contribution in [0.25, 0.3) is 22.3 Å². The number of methoxy groups -OCH3 is 6.